The molecule has 0 heterocycles. The Balaban J connectivity index is 2.96. The van der Waals surface area contributed by atoms with Gasteiger partial charge in [-0.15, -0.1) is 0 Å². The van der Waals surface area contributed by atoms with Crippen LogP contribution in [0.4, 0.5) is 4.79 Å². The monoisotopic (exact) mass is 242 g/mol. The van der Waals surface area contributed by atoms with Crippen molar-refractivity contribution >= 4 is 23.6 Å². The summed E-state index contributed by atoms with van der Waals surface area (Å²) in [5, 5.41) is 11.4. The molecule has 1 rings (SSSR count). The Morgan fingerprint density at radius 1 is 1.44 bits per heavy atom. The lowest BCUT2D eigenvalue weighted by Crippen LogP contribution is -2.34. The zero-order valence-electron chi connectivity index (χ0n) is 8.31. The van der Waals surface area contributed by atoms with Gasteiger partial charge in [-0.25, -0.2) is 4.79 Å². The number of urea groups is 1. The van der Waals surface area contributed by atoms with Crippen LogP contribution in [0.25, 0.3) is 0 Å². The molecular formula is C10H11ClN2O3. The van der Waals surface area contributed by atoms with Gasteiger partial charge in [-0.1, -0.05) is 29.8 Å². The van der Waals surface area contributed by atoms with E-state index in [0.717, 1.165) is 0 Å². The zero-order chi connectivity index (χ0) is 12.1. The zero-order valence-corrected chi connectivity index (χ0v) is 9.07. The van der Waals surface area contributed by atoms with Gasteiger partial charge in [0.2, 0.25) is 0 Å². The van der Waals surface area contributed by atoms with Gasteiger partial charge in [-0.05, 0) is 11.6 Å². The SMILES string of the molecule is NC(=O)NC(CC(=O)O)c1ccccc1Cl. The molecule has 2 amide bonds. The van der Waals surface area contributed by atoms with E-state index in [2.05, 4.69) is 5.32 Å². The van der Waals surface area contributed by atoms with Crippen LogP contribution < -0.4 is 11.1 Å². The minimum absolute atomic E-state index is 0.271. The third-order valence-electron chi connectivity index (χ3n) is 1.98. The molecule has 6 heteroatoms. The number of nitrogens with one attached hydrogen (secondary N) is 1. The van der Waals surface area contributed by atoms with Crippen LogP contribution in [0.5, 0.6) is 0 Å². The van der Waals surface area contributed by atoms with Crippen LogP contribution in [0.15, 0.2) is 24.3 Å². The highest BCUT2D eigenvalue weighted by molar-refractivity contribution is 6.31. The number of nitrogens with two attached hydrogens (primary N) is 1. The fourth-order valence-corrected chi connectivity index (χ4v) is 1.61. The molecule has 1 aromatic carbocycles. The second kappa shape index (κ2) is 5.37. The second-order valence-electron chi connectivity index (χ2n) is 3.18. The number of primary amides is 1. The molecule has 0 bridgehead atoms. The number of carboxylic acids is 1. The van der Waals surface area contributed by atoms with Crippen molar-refractivity contribution in [2.75, 3.05) is 0 Å². The molecule has 0 saturated carbocycles. The fourth-order valence-electron chi connectivity index (χ4n) is 1.34. The maximum absolute atomic E-state index is 10.8. The molecule has 5 nitrogen and oxygen atoms in total. The number of aliphatic carboxylic acids is 1. The lowest BCUT2D eigenvalue weighted by atomic mass is 10.0. The molecular weight excluding hydrogens is 232 g/mol. The molecule has 0 aliphatic carbocycles. The van der Waals surface area contributed by atoms with E-state index >= 15 is 0 Å². The van der Waals surface area contributed by atoms with Gasteiger partial charge in [-0.3, -0.25) is 4.79 Å². The number of hydrogen-bond acceptors (Lipinski definition) is 2. The van der Waals surface area contributed by atoms with Crippen molar-refractivity contribution in [3.8, 4) is 0 Å². The highest BCUT2D eigenvalue weighted by Crippen LogP contribution is 2.24. The Kier molecular flexibility index (Phi) is 4.13. The number of carbonyl (C=O) groups is 2. The second-order valence-corrected chi connectivity index (χ2v) is 3.59. The third-order valence-corrected chi connectivity index (χ3v) is 2.32. The molecule has 4 N–H and O–H groups in total. The van der Waals surface area contributed by atoms with Gasteiger partial charge in [0.05, 0.1) is 12.5 Å². The first-order valence-electron chi connectivity index (χ1n) is 4.53. The van der Waals surface area contributed by atoms with Gasteiger partial charge in [0.1, 0.15) is 0 Å². The predicted octanol–water partition coefficient (Wildman–Crippen LogP) is 1.52. The molecule has 86 valence electrons. The summed E-state index contributed by atoms with van der Waals surface area (Å²) in [6, 6.07) is 5.18. The van der Waals surface area contributed by atoms with Crippen molar-refractivity contribution < 1.29 is 14.7 Å². The van der Waals surface area contributed by atoms with E-state index in [1.165, 1.54) is 0 Å². The molecule has 0 fully saturated rings. The smallest absolute Gasteiger partial charge is 0.312 e. The van der Waals surface area contributed by atoms with E-state index in [-0.39, 0.29) is 6.42 Å². The highest BCUT2D eigenvalue weighted by Gasteiger charge is 2.18. The first-order chi connectivity index (χ1) is 7.50. The van der Waals surface area contributed by atoms with Crippen molar-refractivity contribution in [2.24, 2.45) is 5.73 Å². The van der Waals surface area contributed by atoms with Crippen LogP contribution in [0.2, 0.25) is 5.02 Å². The van der Waals surface area contributed by atoms with Crippen molar-refractivity contribution in [3.63, 3.8) is 0 Å². The summed E-state index contributed by atoms with van der Waals surface area (Å²) in [4.78, 5) is 21.4. The fraction of sp³-hybridized carbons (Fsp3) is 0.200. The van der Waals surface area contributed by atoms with Crippen LogP contribution >= 0.6 is 11.6 Å². The first kappa shape index (κ1) is 12.3. The maximum atomic E-state index is 10.8. The molecule has 1 aromatic rings. The minimum Gasteiger partial charge on any atom is -0.481 e. The molecule has 1 unspecified atom stereocenters. The summed E-state index contributed by atoms with van der Waals surface area (Å²) >= 11 is 5.90. The quantitative estimate of drug-likeness (QED) is 0.747. The van der Waals surface area contributed by atoms with Gasteiger partial charge in [0, 0.05) is 5.02 Å². The van der Waals surface area contributed by atoms with Gasteiger partial charge in [0.25, 0.3) is 0 Å². The standard InChI is InChI=1S/C10H11ClN2O3/c11-7-4-2-1-3-6(7)8(5-9(14)15)13-10(12)16/h1-4,8H,5H2,(H,14,15)(H3,12,13,16). The Morgan fingerprint density at radius 2 is 2.06 bits per heavy atom. The summed E-state index contributed by atoms with van der Waals surface area (Å²) in [7, 11) is 0. The van der Waals surface area contributed by atoms with Gasteiger partial charge >= 0.3 is 12.0 Å². The molecule has 0 aliphatic heterocycles. The topological polar surface area (TPSA) is 92.4 Å². The number of rotatable bonds is 4. The number of benzene rings is 1. The van der Waals surface area contributed by atoms with E-state index in [1.54, 1.807) is 24.3 Å². The number of amides is 2. The van der Waals surface area contributed by atoms with E-state index in [4.69, 9.17) is 22.4 Å². The van der Waals surface area contributed by atoms with Gasteiger partial charge in [0.15, 0.2) is 0 Å². The normalized spacial score (nSPS) is 11.8. The summed E-state index contributed by atoms with van der Waals surface area (Å²) in [5.74, 6) is -1.04. The van der Waals surface area contributed by atoms with Crippen molar-refractivity contribution in [2.45, 2.75) is 12.5 Å². The van der Waals surface area contributed by atoms with Gasteiger partial charge < -0.3 is 16.2 Å². The van der Waals surface area contributed by atoms with Crippen LogP contribution in [0.1, 0.15) is 18.0 Å². The lowest BCUT2D eigenvalue weighted by Gasteiger charge is -2.16. The van der Waals surface area contributed by atoms with Crippen LogP contribution in [0, 0.1) is 0 Å². The number of hydrogen-bond donors (Lipinski definition) is 3. The van der Waals surface area contributed by atoms with E-state index in [1.807, 2.05) is 0 Å². The molecule has 0 saturated heterocycles. The molecule has 0 radical (unpaired) electrons. The summed E-state index contributed by atoms with van der Waals surface area (Å²) < 4.78 is 0. The van der Waals surface area contributed by atoms with E-state index < -0.39 is 18.0 Å². The summed E-state index contributed by atoms with van der Waals surface area (Å²) in [6.45, 7) is 0. The average molecular weight is 243 g/mol. The molecule has 16 heavy (non-hydrogen) atoms. The van der Waals surface area contributed by atoms with Crippen LogP contribution in [-0.2, 0) is 4.79 Å². The number of halogens is 1. The average Bonchev–Trinajstić information content (AvgIpc) is 2.15. The third kappa shape index (κ3) is 3.43. The highest BCUT2D eigenvalue weighted by atomic mass is 35.5. The van der Waals surface area contributed by atoms with Gasteiger partial charge in [-0.2, -0.15) is 0 Å². The van der Waals surface area contributed by atoms with Crippen LogP contribution in [-0.4, -0.2) is 17.1 Å². The summed E-state index contributed by atoms with van der Waals surface area (Å²) in [6.07, 6.45) is -0.271. The van der Waals surface area contributed by atoms with Crippen molar-refractivity contribution in [3.05, 3.63) is 34.9 Å². The number of carboxylic acid groups (broad SMARTS) is 1. The van der Waals surface area contributed by atoms with E-state index in [0.29, 0.717) is 10.6 Å². The molecule has 0 spiro atoms. The first-order valence-corrected chi connectivity index (χ1v) is 4.90. The Hall–Kier alpha value is -1.75. The summed E-state index contributed by atoms with van der Waals surface area (Å²) in [5.41, 5.74) is 5.50. The largest absolute Gasteiger partial charge is 0.481 e. The molecule has 0 aliphatic rings. The Labute approximate surface area is 97.2 Å². The Bertz CT molecular complexity index is 393. The predicted molar refractivity (Wildman–Crippen MR) is 59.2 cm³/mol. The minimum atomic E-state index is -1.04. The lowest BCUT2D eigenvalue weighted by molar-refractivity contribution is -0.137. The molecule has 0 aromatic heterocycles. The van der Waals surface area contributed by atoms with Crippen molar-refractivity contribution in [1.29, 1.82) is 0 Å². The Morgan fingerprint density at radius 3 is 2.56 bits per heavy atom. The van der Waals surface area contributed by atoms with Crippen molar-refractivity contribution in [1.82, 2.24) is 5.32 Å². The molecule has 1 atom stereocenters. The van der Waals surface area contributed by atoms with Crippen LogP contribution in [0.3, 0.4) is 0 Å². The number of carbonyl (C=O) groups excluding carboxylic acids is 1. The maximum Gasteiger partial charge on any atom is 0.312 e. The van der Waals surface area contributed by atoms with E-state index in [9.17, 15) is 9.59 Å².